The number of fused-ring (bicyclic) bond motifs is 1. The highest BCUT2D eigenvalue weighted by atomic mass is 16.7. The van der Waals surface area contributed by atoms with Crippen molar-refractivity contribution in [2.45, 2.75) is 38.0 Å². The van der Waals surface area contributed by atoms with Gasteiger partial charge in [0.1, 0.15) is 0 Å². The Morgan fingerprint density at radius 3 is 2.85 bits per heavy atom. The fourth-order valence-corrected chi connectivity index (χ4v) is 4.65. The summed E-state index contributed by atoms with van der Waals surface area (Å²) in [6.45, 7) is 8.16. The van der Waals surface area contributed by atoms with E-state index in [4.69, 9.17) is 19.2 Å². The quantitative estimate of drug-likeness (QED) is 0.651. The second-order valence-corrected chi connectivity index (χ2v) is 8.49. The zero-order chi connectivity index (χ0) is 18.3. The normalized spacial score (nSPS) is 28.2. The van der Waals surface area contributed by atoms with Gasteiger partial charge < -0.3 is 24.4 Å². The third-order valence-corrected chi connectivity index (χ3v) is 6.63. The number of likely N-dealkylation sites (tertiary alicyclic amines) is 1. The van der Waals surface area contributed by atoms with Gasteiger partial charge in [-0.1, -0.05) is 6.07 Å². The predicted octanol–water partition coefficient (Wildman–Crippen LogP) is 2.52. The van der Waals surface area contributed by atoms with Crippen LogP contribution in [0.3, 0.4) is 0 Å². The molecule has 146 valence electrons. The van der Waals surface area contributed by atoms with E-state index >= 15 is 0 Å². The van der Waals surface area contributed by atoms with Crippen LogP contribution in [0.15, 0.2) is 23.2 Å². The molecule has 1 aliphatic carbocycles. The lowest BCUT2D eigenvalue weighted by atomic mass is 9.87. The van der Waals surface area contributed by atoms with E-state index in [1.54, 1.807) is 0 Å². The molecule has 0 bridgehead atoms. The van der Waals surface area contributed by atoms with Crippen LogP contribution in [-0.4, -0.2) is 57.0 Å². The number of guanidine groups is 1. The van der Waals surface area contributed by atoms with Gasteiger partial charge in [0.25, 0.3) is 0 Å². The Balaban J connectivity index is 1.32. The number of hydrogen-bond donors (Lipinski definition) is 1. The summed E-state index contributed by atoms with van der Waals surface area (Å²) >= 11 is 0. The number of hydrogen-bond acceptors (Lipinski definition) is 4. The highest BCUT2D eigenvalue weighted by Gasteiger charge is 2.46. The summed E-state index contributed by atoms with van der Waals surface area (Å²) in [4.78, 5) is 7.51. The number of nitrogens with one attached hydrogen (secondary N) is 1. The van der Waals surface area contributed by atoms with Gasteiger partial charge in [0.05, 0.1) is 13.2 Å². The van der Waals surface area contributed by atoms with Crippen LogP contribution in [0.1, 0.15) is 38.2 Å². The van der Waals surface area contributed by atoms with Crippen LogP contribution >= 0.6 is 0 Å². The lowest BCUT2D eigenvalue weighted by Crippen LogP contribution is -2.42. The van der Waals surface area contributed by atoms with Crippen molar-refractivity contribution in [1.29, 1.82) is 0 Å². The van der Waals surface area contributed by atoms with Crippen molar-refractivity contribution in [2.24, 2.45) is 10.4 Å². The molecule has 4 aliphatic rings. The molecular formula is C21H29N3O3. The van der Waals surface area contributed by atoms with Crippen LogP contribution < -0.4 is 14.8 Å². The third-order valence-electron chi connectivity index (χ3n) is 6.63. The lowest BCUT2D eigenvalue weighted by molar-refractivity contribution is 0.156. The van der Waals surface area contributed by atoms with Crippen molar-refractivity contribution in [1.82, 2.24) is 10.2 Å². The monoisotopic (exact) mass is 371 g/mol. The second kappa shape index (κ2) is 6.59. The Kier molecular flexibility index (Phi) is 4.19. The first-order valence-corrected chi connectivity index (χ1v) is 10.2. The van der Waals surface area contributed by atoms with Gasteiger partial charge in [-0.2, -0.15) is 0 Å². The van der Waals surface area contributed by atoms with E-state index in [1.165, 1.54) is 31.2 Å². The van der Waals surface area contributed by atoms with E-state index in [-0.39, 0.29) is 5.41 Å². The number of rotatable bonds is 4. The average Bonchev–Trinajstić information content (AvgIpc) is 3.07. The topological polar surface area (TPSA) is 55.3 Å². The highest BCUT2D eigenvalue weighted by Crippen LogP contribution is 2.50. The van der Waals surface area contributed by atoms with Crippen molar-refractivity contribution in [3.8, 4) is 11.5 Å². The molecule has 3 fully saturated rings. The maximum atomic E-state index is 5.68. The molecule has 6 heteroatoms. The van der Waals surface area contributed by atoms with Crippen molar-refractivity contribution in [2.75, 3.05) is 46.2 Å². The molecule has 0 radical (unpaired) electrons. The number of nitrogens with zero attached hydrogens (tertiary/aromatic N) is 2. The van der Waals surface area contributed by atoms with Gasteiger partial charge in [0, 0.05) is 37.1 Å². The lowest BCUT2D eigenvalue weighted by Gasteiger charge is -2.25. The second-order valence-electron chi connectivity index (χ2n) is 8.49. The molecule has 3 aliphatic heterocycles. The SMILES string of the molecule is CCNC(=NCC1(c2ccc3c(c2)OCO3)CC1)N1CCC2(CCOC2)C1. The van der Waals surface area contributed by atoms with Crippen LogP contribution in [0.5, 0.6) is 11.5 Å². The minimum atomic E-state index is 0.162. The first kappa shape index (κ1) is 17.2. The molecule has 27 heavy (non-hydrogen) atoms. The van der Waals surface area contributed by atoms with Crippen LogP contribution in [-0.2, 0) is 10.2 Å². The molecule has 2 saturated heterocycles. The van der Waals surface area contributed by atoms with Gasteiger partial charge in [-0.15, -0.1) is 0 Å². The zero-order valence-corrected chi connectivity index (χ0v) is 16.1. The molecule has 1 aromatic carbocycles. The summed E-state index contributed by atoms with van der Waals surface area (Å²) in [5, 5.41) is 3.51. The maximum absolute atomic E-state index is 5.68. The summed E-state index contributed by atoms with van der Waals surface area (Å²) in [5.74, 6) is 2.79. The third kappa shape index (κ3) is 3.14. The minimum absolute atomic E-state index is 0.162. The van der Waals surface area contributed by atoms with Gasteiger partial charge in [0.15, 0.2) is 17.5 Å². The van der Waals surface area contributed by atoms with Crippen molar-refractivity contribution in [3.05, 3.63) is 23.8 Å². The van der Waals surface area contributed by atoms with Gasteiger partial charge in [-0.25, -0.2) is 0 Å². The minimum Gasteiger partial charge on any atom is -0.454 e. The Bertz CT molecular complexity index is 738. The van der Waals surface area contributed by atoms with Crippen LogP contribution in [0.25, 0.3) is 0 Å². The molecule has 1 unspecified atom stereocenters. The molecule has 0 amide bonds. The number of benzene rings is 1. The van der Waals surface area contributed by atoms with E-state index < -0.39 is 0 Å². The van der Waals surface area contributed by atoms with E-state index in [0.717, 1.165) is 56.9 Å². The standard InChI is InChI=1S/C21H29N3O3/c1-2-22-19(24-9-7-20(13-24)8-10-25-14-20)23-12-21(5-6-21)16-3-4-17-18(11-16)27-15-26-17/h3-4,11H,2,5-10,12-15H2,1H3,(H,22,23). The Morgan fingerprint density at radius 1 is 1.19 bits per heavy atom. The zero-order valence-electron chi connectivity index (χ0n) is 16.1. The number of ether oxygens (including phenoxy) is 3. The van der Waals surface area contributed by atoms with Crippen molar-refractivity contribution in [3.63, 3.8) is 0 Å². The van der Waals surface area contributed by atoms with E-state index in [2.05, 4.69) is 29.3 Å². The van der Waals surface area contributed by atoms with Gasteiger partial charge in [-0.05, 0) is 50.3 Å². The van der Waals surface area contributed by atoms with Crippen molar-refractivity contribution >= 4 is 5.96 Å². The summed E-state index contributed by atoms with van der Waals surface area (Å²) in [7, 11) is 0. The Morgan fingerprint density at radius 2 is 2.07 bits per heavy atom. The first-order chi connectivity index (χ1) is 13.2. The number of aliphatic imine (C=N–C) groups is 1. The van der Waals surface area contributed by atoms with Gasteiger partial charge >= 0.3 is 0 Å². The fourth-order valence-electron chi connectivity index (χ4n) is 4.65. The summed E-state index contributed by atoms with van der Waals surface area (Å²) < 4.78 is 16.7. The van der Waals surface area contributed by atoms with Crippen LogP contribution in [0.2, 0.25) is 0 Å². The summed E-state index contributed by atoms with van der Waals surface area (Å²) in [6.07, 6.45) is 4.77. The molecule has 0 aromatic heterocycles. The highest BCUT2D eigenvalue weighted by molar-refractivity contribution is 5.80. The molecule has 1 N–H and O–H groups in total. The molecule has 6 nitrogen and oxygen atoms in total. The molecule has 1 spiro atoms. The van der Waals surface area contributed by atoms with Crippen LogP contribution in [0, 0.1) is 5.41 Å². The van der Waals surface area contributed by atoms with E-state index in [9.17, 15) is 0 Å². The molecular weight excluding hydrogens is 342 g/mol. The first-order valence-electron chi connectivity index (χ1n) is 10.2. The summed E-state index contributed by atoms with van der Waals surface area (Å²) in [5.41, 5.74) is 1.84. The summed E-state index contributed by atoms with van der Waals surface area (Å²) in [6, 6.07) is 6.37. The molecule has 1 atom stereocenters. The van der Waals surface area contributed by atoms with Crippen molar-refractivity contribution < 1.29 is 14.2 Å². The fraction of sp³-hybridized carbons (Fsp3) is 0.667. The maximum Gasteiger partial charge on any atom is 0.231 e. The molecule has 3 heterocycles. The van der Waals surface area contributed by atoms with Gasteiger partial charge in [0.2, 0.25) is 6.79 Å². The Hall–Kier alpha value is -1.95. The molecule has 1 aromatic rings. The van der Waals surface area contributed by atoms with E-state index in [0.29, 0.717) is 12.2 Å². The molecule has 1 saturated carbocycles. The Labute approximate surface area is 160 Å². The van der Waals surface area contributed by atoms with Gasteiger partial charge in [-0.3, -0.25) is 4.99 Å². The molecule has 5 rings (SSSR count). The largest absolute Gasteiger partial charge is 0.454 e. The van der Waals surface area contributed by atoms with E-state index in [1.807, 2.05) is 6.07 Å². The van der Waals surface area contributed by atoms with Crippen LogP contribution in [0.4, 0.5) is 0 Å². The predicted molar refractivity (Wildman–Crippen MR) is 104 cm³/mol. The smallest absolute Gasteiger partial charge is 0.231 e. The average molecular weight is 371 g/mol.